The largest absolute Gasteiger partial charge is 0.333 e. The molecule has 1 aliphatic rings. The third-order valence-corrected chi connectivity index (χ3v) is 5.62. The topological polar surface area (TPSA) is 49.0 Å². The van der Waals surface area contributed by atoms with Crippen LogP contribution in [0.3, 0.4) is 0 Å². The molecule has 0 spiro atoms. The highest BCUT2D eigenvalue weighted by molar-refractivity contribution is 6.02. The third-order valence-electron chi connectivity index (χ3n) is 5.62. The maximum Gasteiger partial charge on any atom is 0.264 e. The summed E-state index contributed by atoms with van der Waals surface area (Å²) >= 11 is 0. The Morgan fingerprint density at radius 2 is 1.80 bits per heavy atom. The molecule has 0 radical (unpaired) electrons. The highest BCUT2D eigenvalue weighted by atomic mass is 19.1. The zero-order chi connectivity index (χ0) is 21.3. The molecule has 0 bridgehead atoms. The molecule has 4 nitrogen and oxygen atoms in total. The minimum absolute atomic E-state index is 0.119. The minimum Gasteiger partial charge on any atom is -0.333 e. The lowest BCUT2D eigenvalue weighted by atomic mass is 9.99. The lowest BCUT2D eigenvalue weighted by Crippen LogP contribution is -2.36. The number of benzene rings is 2. The molecule has 1 aromatic heterocycles. The van der Waals surface area contributed by atoms with Crippen LogP contribution in [0.15, 0.2) is 60.2 Å². The third kappa shape index (κ3) is 3.65. The van der Waals surface area contributed by atoms with Gasteiger partial charge in [-0.3, -0.25) is 4.79 Å². The molecule has 2 aromatic carbocycles. The van der Waals surface area contributed by atoms with Gasteiger partial charge in [0.2, 0.25) is 0 Å². The summed E-state index contributed by atoms with van der Waals surface area (Å²) in [6.07, 6.45) is 2.45. The molecule has 0 saturated carbocycles. The van der Waals surface area contributed by atoms with Crippen LogP contribution in [0.5, 0.6) is 0 Å². The van der Waals surface area contributed by atoms with E-state index in [2.05, 4.69) is 12.1 Å². The summed E-state index contributed by atoms with van der Waals surface area (Å²) < 4.78 is 15.3. The van der Waals surface area contributed by atoms with E-state index in [1.54, 1.807) is 23.1 Å². The van der Waals surface area contributed by atoms with Gasteiger partial charge in [0.1, 0.15) is 17.5 Å². The maximum atomic E-state index is 13.3. The molecule has 0 unspecified atom stereocenters. The van der Waals surface area contributed by atoms with E-state index in [4.69, 9.17) is 0 Å². The molecule has 0 aliphatic carbocycles. The molecule has 0 atom stereocenters. The van der Waals surface area contributed by atoms with Crippen molar-refractivity contribution in [1.82, 2.24) is 9.47 Å². The van der Waals surface area contributed by atoms with Crippen LogP contribution in [0.2, 0.25) is 0 Å². The van der Waals surface area contributed by atoms with Crippen LogP contribution in [0.25, 0.3) is 11.8 Å². The fourth-order valence-electron chi connectivity index (χ4n) is 4.06. The number of carbonyl (C=O) groups excluding carboxylic acids is 1. The Morgan fingerprint density at radius 3 is 2.50 bits per heavy atom. The smallest absolute Gasteiger partial charge is 0.264 e. The summed E-state index contributed by atoms with van der Waals surface area (Å²) in [5.74, 6) is -0.541. The van der Waals surface area contributed by atoms with Crippen molar-refractivity contribution >= 4 is 12.0 Å². The van der Waals surface area contributed by atoms with Gasteiger partial charge < -0.3 is 9.47 Å². The molecule has 1 amide bonds. The zero-order valence-corrected chi connectivity index (χ0v) is 17.0. The normalized spacial score (nSPS) is 13.7. The Kier molecular flexibility index (Phi) is 5.24. The standard InChI is InChI=1S/C25H22FN3O/c1-17-13-21(18(2)29(17)24-9-7-23(26)8-10-24)14-22(15-27)25(30)28-12-11-19-5-3-4-6-20(19)16-28/h3-10,13-14H,11-12,16H2,1-2H3/b22-14+. The van der Waals surface area contributed by atoms with Crippen molar-refractivity contribution in [3.63, 3.8) is 0 Å². The molecule has 150 valence electrons. The molecule has 0 N–H and O–H groups in total. The second-order valence-electron chi connectivity index (χ2n) is 7.55. The van der Waals surface area contributed by atoms with Crippen LogP contribution in [0, 0.1) is 31.0 Å². The van der Waals surface area contributed by atoms with Gasteiger partial charge in [-0.2, -0.15) is 5.26 Å². The van der Waals surface area contributed by atoms with Crippen LogP contribution in [0.4, 0.5) is 4.39 Å². The average molecular weight is 399 g/mol. The van der Waals surface area contributed by atoms with Crippen LogP contribution in [0.1, 0.15) is 28.1 Å². The number of aryl methyl sites for hydroxylation is 1. The highest BCUT2D eigenvalue weighted by Gasteiger charge is 2.23. The van der Waals surface area contributed by atoms with Crippen LogP contribution in [-0.2, 0) is 17.8 Å². The molecular weight excluding hydrogens is 377 g/mol. The highest BCUT2D eigenvalue weighted by Crippen LogP contribution is 2.25. The molecule has 0 saturated heterocycles. The number of halogens is 1. The number of amides is 1. The van der Waals surface area contributed by atoms with Crippen molar-refractivity contribution < 1.29 is 9.18 Å². The van der Waals surface area contributed by atoms with Gasteiger partial charge in [-0.1, -0.05) is 24.3 Å². The molecule has 2 heterocycles. The first-order valence-corrected chi connectivity index (χ1v) is 9.90. The number of nitrogens with zero attached hydrogens (tertiary/aromatic N) is 3. The van der Waals surface area contributed by atoms with Crippen molar-refractivity contribution in [2.24, 2.45) is 0 Å². The first-order chi connectivity index (χ1) is 14.5. The minimum atomic E-state index is -0.290. The molecule has 5 heteroatoms. The summed E-state index contributed by atoms with van der Waals surface area (Å²) in [6.45, 7) is 4.99. The lowest BCUT2D eigenvalue weighted by molar-refractivity contribution is -0.127. The second-order valence-corrected chi connectivity index (χ2v) is 7.55. The molecule has 30 heavy (non-hydrogen) atoms. The van der Waals surface area contributed by atoms with Crippen LogP contribution >= 0.6 is 0 Å². The monoisotopic (exact) mass is 399 g/mol. The van der Waals surface area contributed by atoms with Gasteiger partial charge in [0.05, 0.1) is 0 Å². The van der Waals surface area contributed by atoms with E-state index in [1.165, 1.54) is 17.7 Å². The van der Waals surface area contributed by atoms with E-state index in [-0.39, 0.29) is 17.3 Å². The molecular formula is C25H22FN3O. The molecule has 3 aromatic rings. The SMILES string of the molecule is Cc1cc(/C=C(\C#N)C(=O)N2CCc3ccccc3C2)c(C)n1-c1ccc(F)cc1. The van der Waals surface area contributed by atoms with Gasteiger partial charge in [0.25, 0.3) is 5.91 Å². The van der Waals surface area contributed by atoms with Crippen molar-refractivity contribution in [3.05, 3.63) is 94.1 Å². The summed E-state index contributed by atoms with van der Waals surface area (Å²) in [6, 6.07) is 18.4. The van der Waals surface area contributed by atoms with Crippen molar-refractivity contribution in [2.75, 3.05) is 6.54 Å². The molecule has 1 aliphatic heterocycles. The van der Waals surface area contributed by atoms with Crippen LogP contribution in [-0.4, -0.2) is 21.9 Å². The van der Waals surface area contributed by atoms with Gasteiger partial charge in [-0.15, -0.1) is 0 Å². The lowest BCUT2D eigenvalue weighted by Gasteiger charge is -2.28. The van der Waals surface area contributed by atoms with Gasteiger partial charge in [0.15, 0.2) is 0 Å². The Labute approximate surface area is 175 Å². The van der Waals surface area contributed by atoms with Gasteiger partial charge in [-0.25, -0.2) is 4.39 Å². The van der Waals surface area contributed by atoms with E-state index in [1.807, 2.05) is 42.7 Å². The van der Waals surface area contributed by atoms with Gasteiger partial charge >= 0.3 is 0 Å². The Hall–Kier alpha value is -3.65. The molecule has 0 fully saturated rings. The van der Waals surface area contributed by atoms with E-state index in [0.29, 0.717) is 13.1 Å². The predicted octanol–water partition coefficient (Wildman–Crippen LogP) is 4.73. The van der Waals surface area contributed by atoms with E-state index in [9.17, 15) is 14.4 Å². The quantitative estimate of drug-likeness (QED) is 0.472. The van der Waals surface area contributed by atoms with Crippen molar-refractivity contribution in [2.45, 2.75) is 26.8 Å². The number of aromatic nitrogens is 1. The number of hydrogen-bond acceptors (Lipinski definition) is 2. The Bertz CT molecular complexity index is 1180. The first kappa shape index (κ1) is 19.7. The van der Waals surface area contributed by atoms with Crippen molar-refractivity contribution in [3.8, 4) is 11.8 Å². The second kappa shape index (κ2) is 8.00. The number of nitriles is 1. The Balaban J connectivity index is 1.63. The predicted molar refractivity (Wildman–Crippen MR) is 114 cm³/mol. The fourth-order valence-corrected chi connectivity index (χ4v) is 4.06. The molecule has 4 rings (SSSR count). The van der Waals surface area contributed by atoms with Crippen LogP contribution < -0.4 is 0 Å². The van der Waals surface area contributed by atoms with E-state index in [0.717, 1.165) is 34.6 Å². The summed E-state index contributed by atoms with van der Waals surface area (Å²) in [5, 5.41) is 9.68. The van der Waals surface area contributed by atoms with Gasteiger partial charge in [-0.05, 0) is 73.4 Å². The summed E-state index contributed by atoms with van der Waals surface area (Å²) in [5.41, 5.74) is 5.98. The number of hydrogen-bond donors (Lipinski definition) is 0. The van der Waals surface area contributed by atoms with Gasteiger partial charge in [0, 0.05) is 30.2 Å². The maximum absolute atomic E-state index is 13.3. The number of fused-ring (bicyclic) bond motifs is 1. The zero-order valence-electron chi connectivity index (χ0n) is 17.0. The van der Waals surface area contributed by atoms with E-state index < -0.39 is 0 Å². The van der Waals surface area contributed by atoms with E-state index >= 15 is 0 Å². The summed E-state index contributed by atoms with van der Waals surface area (Å²) in [4.78, 5) is 14.8. The summed E-state index contributed by atoms with van der Waals surface area (Å²) in [7, 11) is 0. The fraction of sp³-hybridized carbons (Fsp3) is 0.200. The average Bonchev–Trinajstić information content (AvgIpc) is 3.04. The number of rotatable bonds is 3. The Morgan fingerprint density at radius 1 is 1.10 bits per heavy atom. The first-order valence-electron chi connectivity index (χ1n) is 9.90. The number of carbonyl (C=O) groups is 1. The van der Waals surface area contributed by atoms with Crippen molar-refractivity contribution in [1.29, 1.82) is 5.26 Å².